The van der Waals surface area contributed by atoms with Gasteiger partial charge in [0.2, 0.25) is 0 Å². The smallest absolute Gasteiger partial charge is 0.348 e. The van der Waals surface area contributed by atoms with E-state index in [2.05, 4.69) is 15.3 Å². The molecule has 8 heteroatoms. The quantitative estimate of drug-likeness (QED) is 0.677. The van der Waals surface area contributed by atoms with E-state index in [4.69, 9.17) is 4.74 Å². The molecular formula is C17H15N3O4S. The number of thiophene rings is 1. The van der Waals surface area contributed by atoms with E-state index in [0.29, 0.717) is 32.0 Å². The standard InChI is InChI=1S/C17H15N3O4S/c1-9-11-14(18-8-19-15(11)25-13(9)17(23)24-2)20-12(16(21)22)10-6-4-3-5-7-10/h3-8,12H,1-2H3,(H,21,22)(H,18,19,20). The summed E-state index contributed by atoms with van der Waals surface area (Å²) in [5.41, 5.74) is 1.26. The van der Waals surface area contributed by atoms with Crippen LogP contribution < -0.4 is 5.32 Å². The molecule has 3 rings (SSSR count). The Balaban J connectivity index is 2.07. The average Bonchev–Trinajstić information content (AvgIpc) is 2.97. The van der Waals surface area contributed by atoms with Crippen molar-refractivity contribution in [2.24, 2.45) is 0 Å². The van der Waals surface area contributed by atoms with Gasteiger partial charge in [0.1, 0.15) is 21.9 Å². The molecule has 0 fully saturated rings. The Bertz CT molecular complexity index is 940. The first-order valence-corrected chi connectivity index (χ1v) is 8.21. The number of carboxylic acid groups (broad SMARTS) is 1. The van der Waals surface area contributed by atoms with Crippen LogP contribution in [-0.4, -0.2) is 34.1 Å². The first-order valence-electron chi connectivity index (χ1n) is 7.39. The lowest BCUT2D eigenvalue weighted by molar-refractivity contribution is -0.138. The zero-order valence-corrected chi connectivity index (χ0v) is 14.3. The number of esters is 1. The Morgan fingerprint density at radius 3 is 2.60 bits per heavy atom. The Morgan fingerprint density at radius 2 is 1.96 bits per heavy atom. The molecular weight excluding hydrogens is 342 g/mol. The van der Waals surface area contributed by atoms with E-state index >= 15 is 0 Å². The Morgan fingerprint density at radius 1 is 1.24 bits per heavy atom. The minimum Gasteiger partial charge on any atom is -0.479 e. The number of carbonyl (C=O) groups excluding carboxylic acids is 1. The number of methoxy groups -OCH3 is 1. The number of hydrogen-bond donors (Lipinski definition) is 2. The van der Waals surface area contributed by atoms with Gasteiger partial charge >= 0.3 is 11.9 Å². The number of hydrogen-bond acceptors (Lipinski definition) is 7. The first kappa shape index (κ1) is 16.8. The van der Waals surface area contributed by atoms with Crippen molar-refractivity contribution in [3.05, 3.63) is 52.7 Å². The highest BCUT2D eigenvalue weighted by molar-refractivity contribution is 7.20. The molecule has 0 bridgehead atoms. The predicted molar refractivity (Wildman–Crippen MR) is 93.9 cm³/mol. The van der Waals surface area contributed by atoms with Crippen molar-refractivity contribution in [1.82, 2.24) is 9.97 Å². The maximum Gasteiger partial charge on any atom is 0.348 e. The van der Waals surface area contributed by atoms with Crippen LogP contribution >= 0.6 is 11.3 Å². The highest BCUT2D eigenvalue weighted by Crippen LogP contribution is 2.35. The largest absolute Gasteiger partial charge is 0.479 e. The van der Waals surface area contributed by atoms with Gasteiger partial charge in [0.05, 0.1) is 12.5 Å². The van der Waals surface area contributed by atoms with E-state index in [1.807, 2.05) is 6.07 Å². The second-order valence-electron chi connectivity index (χ2n) is 5.28. The molecule has 0 saturated heterocycles. The van der Waals surface area contributed by atoms with Crippen LogP contribution in [0.15, 0.2) is 36.7 Å². The fourth-order valence-corrected chi connectivity index (χ4v) is 3.61. The van der Waals surface area contributed by atoms with Gasteiger partial charge < -0.3 is 15.2 Å². The number of rotatable bonds is 5. The summed E-state index contributed by atoms with van der Waals surface area (Å²) in [7, 11) is 1.31. The van der Waals surface area contributed by atoms with Gasteiger partial charge in [0.15, 0.2) is 6.04 Å². The van der Waals surface area contributed by atoms with Crippen LogP contribution in [0, 0.1) is 6.92 Å². The van der Waals surface area contributed by atoms with E-state index in [0.717, 1.165) is 0 Å². The summed E-state index contributed by atoms with van der Waals surface area (Å²) < 4.78 is 4.78. The number of nitrogens with zero attached hydrogens (tertiary/aromatic N) is 2. The molecule has 1 unspecified atom stereocenters. The number of aromatic nitrogens is 2. The highest BCUT2D eigenvalue weighted by atomic mass is 32.1. The lowest BCUT2D eigenvalue weighted by Crippen LogP contribution is -2.21. The predicted octanol–water partition coefficient (Wildman–Crippen LogP) is 3.02. The molecule has 1 aromatic carbocycles. The summed E-state index contributed by atoms with van der Waals surface area (Å²) in [6.45, 7) is 1.76. The number of fused-ring (bicyclic) bond motifs is 1. The molecule has 0 aliphatic carbocycles. The molecule has 2 aromatic heterocycles. The Kier molecular flexibility index (Phi) is 4.62. The van der Waals surface area contributed by atoms with E-state index in [1.54, 1.807) is 31.2 Å². The van der Waals surface area contributed by atoms with Crippen molar-refractivity contribution in [1.29, 1.82) is 0 Å². The molecule has 2 N–H and O–H groups in total. The van der Waals surface area contributed by atoms with Crippen LogP contribution in [0.2, 0.25) is 0 Å². The van der Waals surface area contributed by atoms with Gasteiger partial charge in [-0.3, -0.25) is 0 Å². The van der Waals surface area contributed by atoms with Crippen molar-refractivity contribution < 1.29 is 19.4 Å². The summed E-state index contributed by atoms with van der Waals surface area (Å²) in [6.07, 6.45) is 1.34. The molecule has 0 spiro atoms. The Labute approximate surface area is 147 Å². The monoisotopic (exact) mass is 357 g/mol. The average molecular weight is 357 g/mol. The zero-order valence-electron chi connectivity index (χ0n) is 13.5. The third kappa shape index (κ3) is 3.16. The molecule has 1 atom stereocenters. The van der Waals surface area contributed by atoms with E-state index in [-0.39, 0.29) is 0 Å². The summed E-state index contributed by atoms with van der Waals surface area (Å²) >= 11 is 1.19. The molecule has 3 aromatic rings. The van der Waals surface area contributed by atoms with Crippen molar-refractivity contribution in [3.63, 3.8) is 0 Å². The van der Waals surface area contributed by atoms with E-state index in [1.165, 1.54) is 24.8 Å². The molecule has 25 heavy (non-hydrogen) atoms. The molecule has 0 aliphatic rings. The maximum absolute atomic E-state index is 11.9. The number of aryl methyl sites for hydroxylation is 1. The first-order chi connectivity index (χ1) is 12.0. The van der Waals surface area contributed by atoms with Crippen LogP contribution in [0.1, 0.15) is 26.8 Å². The zero-order chi connectivity index (χ0) is 18.0. The molecule has 0 radical (unpaired) electrons. The number of ether oxygens (including phenoxy) is 1. The van der Waals surface area contributed by atoms with Crippen LogP contribution in [0.3, 0.4) is 0 Å². The van der Waals surface area contributed by atoms with Crippen LogP contribution in [0.4, 0.5) is 5.82 Å². The number of carboxylic acids is 1. The second-order valence-corrected chi connectivity index (χ2v) is 6.28. The summed E-state index contributed by atoms with van der Waals surface area (Å²) in [5, 5.41) is 13.2. The van der Waals surface area contributed by atoms with Gasteiger partial charge in [-0.15, -0.1) is 11.3 Å². The highest BCUT2D eigenvalue weighted by Gasteiger charge is 2.24. The molecule has 0 saturated carbocycles. The molecule has 2 heterocycles. The number of nitrogens with one attached hydrogen (secondary N) is 1. The minimum absolute atomic E-state index is 0.366. The number of benzene rings is 1. The molecule has 0 aliphatic heterocycles. The number of anilines is 1. The number of aliphatic carboxylic acids is 1. The third-order valence-corrected chi connectivity index (χ3v) is 4.94. The fraction of sp³-hybridized carbons (Fsp3) is 0.176. The molecule has 0 amide bonds. The summed E-state index contributed by atoms with van der Waals surface area (Å²) in [5.74, 6) is -1.12. The molecule has 7 nitrogen and oxygen atoms in total. The van der Waals surface area contributed by atoms with Gasteiger partial charge in [-0.2, -0.15) is 0 Å². The van der Waals surface area contributed by atoms with Gasteiger partial charge in [-0.05, 0) is 18.1 Å². The molecule has 128 valence electrons. The summed E-state index contributed by atoms with van der Waals surface area (Å²) in [4.78, 5) is 33.0. The van der Waals surface area contributed by atoms with Gasteiger partial charge in [0, 0.05) is 0 Å². The summed E-state index contributed by atoms with van der Waals surface area (Å²) in [6, 6.07) is 7.84. The third-order valence-electron chi connectivity index (χ3n) is 3.76. The van der Waals surface area contributed by atoms with Crippen molar-refractivity contribution >= 4 is 39.3 Å². The lowest BCUT2D eigenvalue weighted by Gasteiger charge is -2.16. The lowest BCUT2D eigenvalue weighted by atomic mass is 10.1. The van der Waals surface area contributed by atoms with Crippen molar-refractivity contribution in [2.45, 2.75) is 13.0 Å². The van der Waals surface area contributed by atoms with Crippen LogP contribution in [0.25, 0.3) is 10.2 Å². The van der Waals surface area contributed by atoms with Crippen molar-refractivity contribution in [3.8, 4) is 0 Å². The van der Waals surface area contributed by atoms with Gasteiger partial charge in [0.25, 0.3) is 0 Å². The normalized spacial score (nSPS) is 11.9. The maximum atomic E-state index is 11.9. The topological polar surface area (TPSA) is 101 Å². The van der Waals surface area contributed by atoms with E-state index in [9.17, 15) is 14.7 Å². The van der Waals surface area contributed by atoms with E-state index < -0.39 is 18.0 Å². The Hall–Kier alpha value is -3.00. The van der Waals surface area contributed by atoms with Crippen LogP contribution in [0.5, 0.6) is 0 Å². The van der Waals surface area contributed by atoms with Crippen molar-refractivity contribution in [2.75, 3.05) is 12.4 Å². The fourth-order valence-electron chi connectivity index (χ4n) is 2.54. The minimum atomic E-state index is -1.03. The number of carbonyl (C=O) groups is 2. The SMILES string of the molecule is COC(=O)c1sc2ncnc(NC(C(=O)O)c3ccccc3)c2c1C. The van der Waals surface area contributed by atoms with Crippen LogP contribution in [-0.2, 0) is 9.53 Å². The second kappa shape index (κ2) is 6.86. The van der Waals surface area contributed by atoms with Gasteiger partial charge in [-0.25, -0.2) is 19.6 Å². The van der Waals surface area contributed by atoms with Gasteiger partial charge in [-0.1, -0.05) is 30.3 Å².